The molecular formula is C16H18N2O3S2. The monoisotopic (exact) mass is 350 g/mol. The number of hydrogen-bond donors (Lipinski definition) is 2. The van der Waals surface area contributed by atoms with Crippen LogP contribution in [0.5, 0.6) is 0 Å². The van der Waals surface area contributed by atoms with E-state index in [9.17, 15) is 9.59 Å². The summed E-state index contributed by atoms with van der Waals surface area (Å²) in [6, 6.07) is 8.28. The van der Waals surface area contributed by atoms with E-state index < -0.39 is 5.97 Å². The number of carboxylic acid groups (broad SMARTS) is 1. The molecule has 0 saturated heterocycles. The number of nitrogens with zero attached hydrogens (tertiary/aromatic N) is 1. The summed E-state index contributed by atoms with van der Waals surface area (Å²) in [5.74, 6) is 0.296. The molecule has 0 atom stereocenters. The molecule has 23 heavy (non-hydrogen) atoms. The highest BCUT2D eigenvalue weighted by Gasteiger charge is 2.06. The first kappa shape index (κ1) is 17.6. The third-order valence-corrected chi connectivity index (χ3v) is 4.96. The Balaban J connectivity index is 2.06. The summed E-state index contributed by atoms with van der Waals surface area (Å²) in [6.45, 7) is 4.20. The average molecular weight is 350 g/mol. The maximum absolute atomic E-state index is 11.7. The van der Waals surface area contributed by atoms with Crippen molar-refractivity contribution in [1.29, 1.82) is 0 Å². The van der Waals surface area contributed by atoms with Gasteiger partial charge in [-0.3, -0.25) is 4.79 Å². The van der Waals surface area contributed by atoms with Crippen molar-refractivity contribution in [3.05, 3.63) is 57.5 Å². The molecule has 2 aromatic rings. The summed E-state index contributed by atoms with van der Waals surface area (Å²) in [7, 11) is 0. The van der Waals surface area contributed by atoms with Gasteiger partial charge in [0.25, 0.3) is 5.56 Å². The molecule has 0 spiro atoms. The number of H-pyrrole nitrogens is 1. The first-order chi connectivity index (χ1) is 10.9. The maximum atomic E-state index is 11.7. The first-order valence-corrected chi connectivity index (χ1v) is 9.14. The van der Waals surface area contributed by atoms with Gasteiger partial charge in [-0.15, -0.1) is 0 Å². The van der Waals surface area contributed by atoms with E-state index in [2.05, 4.69) is 23.8 Å². The smallest absolute Gasteiger partial charge is 0.335 e. The molecule has 0 fully saturated rings. The van der Waals surface area contributed by atoms with Crippen LogP contribution in [-0.4, -0.2) is 26.3 Å². The van der Waals surface area contributed by atoms with Gasteiger partial charge in [-0.05, 0) is 22.9 Å². The van der Waals surface area contributed by atoms with Crippen molar-refractivity contribution in [3.8, 4) is 0 Å². The van der Waals surface area contributed by atoms with Crippen molar-refractivity contribution in [2.24, 2.45) is 0 Å². The van der Waals surface area contributed by atoms with Crippen LogP contribution in [0.4, 0.5) is 0 Å². The van der Waals surface area contributed by atoms with Crippen molar-refractivity contribution >= 4 is 29.5 Å². The lowest BCUT2D eigenvalue weighted by atomic mass is 10.1. The van der Waals surface area contributed by atoms with E-state index in [1.807, 2.05) is 6.07 Å². The Morgan fingerprint density at radius 2 is 2.09 bits per heavy atom. The molecule has 0 aliphatic heterocycles. The second-order valence-corrected chi connectivity index (χ2v) is 7.72. The van der Waals surface area contributed by atoms with Gasteiger partial charge in [-0.2, -0.15) is 11.8 Å². The molecule has 0 amide bonds. The van der Waals surface area contributed by atoms with Gasteiger partial charge in [-0.25, -0.2) is 9.78 Å². The zero-order valence-corrected chi connectivity index (χ0v) is 14.5. The Morgan fingerprint density at radius 3 is 2.78 bits per heavy atom. The number of rotatable bonds is 7. The zero-order valence-electron chi connectivity index (χ0n) is 12.9. The van der Waals surface area contributed by atoms with E-state index in [0.29, 0.717) is 21.9 Å². The third kappa shape index (κ3) is 5.76. The van der Waals surface area contributed by atoms with Gasteiger partial charge in [-0.1, -0.05) is 37.7 Å². The number of carbonyl (C=O) groups is 1. The van der Waals surface area contributed by atoms with Crippen LogP contribution in [0.2, 0.25) is 0 Å². The normalized spacial score (nSPS) is 10.9. The Hall–Kier alpha value is -1.73. The van der Waals surface area contributed by atoms with Crippen molar-refractivity contribution < 1.29 is 9.90 Å². The molecule has 0 saturated carbocycles. The number of carboxylic acids is 1. The Bertz CT molecular complexity index is 744. The van der Waals surface area contributed by atoms with Gasteiger partial charge < -0.3 is 10.1 Å². The summed E-state index contributed by atoms with van der Waals surface area (Å²) < 4.78 is 0. The number of hydrogen-bond acceptors (Lipinski definition) is 5. The molecule has 2 N–H and O–H groups in total. The van der Waals surface area contributed by atoms with Crippen LogP contribution < -0.4 is 5.56 Å². The first-order valence-electron chi connectivity index (χ1n) is 7.11. The predicted molar refractivity (Wildman–Crippen MR) is 94.3 cm³/mol. The lowest BCUT2D eigenvalue weighted by Crippen LogP contribution is -2.10. The fourth-order valence-electron chi connectivity index (χ4n) is 1.82. The summed E-state index contributed by atoms with van der Waals surface area (Å²) in [5.41, 5.74) is 1.72. The molecule has 0 aliphatic rings. The van der Waals surface area contributed by atoms with Crippen molar-refractivity contribution in [1.82, 2.24) is 9.97 Å². The lowest BCUT2D eigenvalue weighted by Gasteiger charge is -2.06. The fraction of sp³-hybridized carbons (Fsp3) is 0.312. The number of thioether (sulfide) groups is 2. The molecule has 0 aliphatic carbocycles. The molecular weight excluding hydrogens is 332 g/mol. The number of aromatic carboxylic acids is 1. The van der Waals surface area contributed by atoms with Crippen molar-refractivity contribution in [2.75, 3.05) is 0 Å². The predicted octanol–water partition coefficient (Wildman–Crippen LogP) is 3.40. The topological polar surface area (TPSA) is 83.0 Å². The maximum Gasteiger partial charge on any atom is 0.335 e. The molecule has 2 rings (SSSR count). The van der Waals surface area contributed by atoms with Gasteiger partial charge in [0.2, 0.25) is 0 Å². The Morgan fingerprint density at radius 1 is 1.30 bits per heavy atom. The van der Waals surface area contributed by atoms with Crippen LogP contribution in [0.15, 0.2) is 40.3 Å². The number of benzene rings is 1. The van der Waals surface area contributed by atoms with Crippen LogP contribution >= 0.6 is 23.5 Å². The van der Waals surface area contributed by atoms with Crippen LogP contribution in [-0.2, 0) is 11.5 Å². The zero-order chi connectivity index (χ0) is 16.8. The molecule has 1 aromatic heterocycles. The third-order valence-electron chi connectivity index (χ3n) is 2.89. The summed E-state index contributed by atoms with van der Waals surface area (Å²) in [5, 5.41) is 10.0. The minimum atomic E-state index is -0.948. The average Bonchev–Trinajstić information content (AvgIpc) is 2.51. The standard InChI is InChI=1S/C16H18N2O3S2/c1-10(2)22-9-13-7-14(19)18-16(17-13)23-8-11-4-3-5-12(6-11)15(20)21/h3-7,10H,8-9H2,1-2H3,(H,20,21)(H,17,18,19). The van der Waals surface area contributed by atoms with E-state index in [0.717, 1.165) is 11.3 Å². The molecule has 1 aromatic carbocycles. The minimum Gasteiger partial charge on any atom is -0.478 e. The molecule has 0 radical (unpaired) electrons. The van der Waals surface area contributed by atoms with Crippen LogP contribution in [0.3, 0.4) is 0 Å². The van der Waals surface area contributed by atoms with Crippen LogP contribution in [0, 0.1) is 0 Å². The second-order valence-electron chi connectivity index (χ2n) is 5.20. The van der Waals surface area contributed by atoms with Crippen LogP contribution in [0.25, 0.3) is 0 Å². The van der Waals surface area contributed by atoms with Crippen LogP contribution in [0.1, 0.15) is 35.5 Å². The molecule has 1 heterocycles. The Kier molecular flexibility index (Phi) is 6.29. The highest BCUT2D eigenvalue weighted by Crippen LogP contribution is 2.21. The van der Waals surface area contributed by atoms with E-state index in [4.69, 9.17) is 5.11 Å². The minimum absolute atomic E-state index is 0.166. The van der Waals surface area contributed by atoms with Gasteiger partial charge in [0.15, 0.2) is 5.16 Å². The largest absolute Gasteiger partial charge is 0.478 e. The van der Waals surface area contributed by atoms with Gasteiger partial charge in [0.1, 0.15) is 0 Å². The molecule has 0 unspecified atom stereocenters. The van der Waals surface area contributed by atoms with Crippen molar-refractivity contribution in [2.45, 2.75) is 35.8 Å². The second kappa shape index (κ2) is 8.21. The van der Waals surface area contributed by atoms with E-state index in [1.165, 1.54) is 17.8 Å². The summed E-state index contributed by atoms with van der Waals surface area (Å²) in [6.07, 6.45) is 0. The van der Waals surface area contributed by atoms with E-state index in [-0.39, 0.29) is 11.1 Å². The number of aromatic amines is 1. The SMILES string of the molecule is CC(C)SCc1cc(=O)[nH]c(SCc2cccc(C(=O)O)c2)n1. The van der Waals surface area contributed by atoms with Gasteiger partial charge >= 0.3 is 5.97 Å². The molecule has 7 heteroatoms. The quantitative estimate of drug-likeness (QED) is 0.588. The van der Waals surface area contributed by atoms with Crippen molar-refractivity contribution in [3.63, 3.8) is 0 Å². The van der Waals surface area contributed by atoms with Gasteiger partial charge in [0, 0.05) is 17.6 Å². The van der Waals surface area contributed by atoms with E-state index >= 15 is 0 Å². The highest BCUT2D eigenvalue weighted by molar-refractivity contribution is 7.99. The highest BCUT2D eigenvalue weighted by atomic mass is 32.2. The Labute approximate surface area is 142 Å². The summed E-state index contributed by atoms with van der Waals surface area (Å²) in [4.78, 5) is 29.9. The number of nitrogens with one attached hydrogen (secondary N) is 1. The molecule has 0 bridgehead atoms. The lowest BCUT2D eigenvalue weighted by molar-refractivity contribution is 0.0697. The molecule has 5 nitrogen and oxygen atoms in total. The number of aromatic nitrogens is 2. The fourth-order valence-corrected chi connectivity index (χ4v) is 3.31. The van der Waals surface area contributed by atoms with E-state index in [1.54, 1.807) is 30.0 Å². The van der Waals surface area contributed by atoms with Gasteiger partial charge in [0.05, 0.1) is 11.3 Å². The summed E-state index contributed by atoms with van der Waals surface area (Å²) >= 11 is 3.12. The molecule has 122 valence electrons.